The molecule has 8 aromatic rings. The van der Waals surface area contributed by atoms with Crippen molar-refractivity contribution in [1.82, 2.24) is 5.32 Å². The van der Waals surface area contributed by atoms with Gasteiger partial charge in [-0.05, 0) is 74.6 Å². The molecule has 2 heterocycles. The summed E-state index contributed by atoms with van der Waals surface area (Å²) in [6, 6.07) is 52.9. The summed E-state index contributed by atoms with van der Waals surface area (Å²) in [5.41, 5.74) is 7.10. The summed E-state index contributed by atoms with van der Waals surface area (Å²) < 4.78 is 6.30. The molecule has 1 aliphatic heterocycles. The second-order valence-corrected chi connectivity index (χ2v) is 11.5. The van der Waals surface area contributed by atoms with E-state index in [2.05, 4.69) is 115 Å². The Hall–Kier alpha value is -6.00. The van der Waals surface area contributed by atoms with E-state index in [0.717, 1.165) is 50.0 Å². The number of fused-ring (bicyclic) bond motifs is 6. The number of furan rings is 1. The van der Waals surface area contributed by atoms with Crippen molar-refractivity contribution in [3.05, 3.63) is 168 Å². The van der Waals surface area contributed by atoms with E-state index in [9.17, 15) is 0 Å². The molecule has 1 unspecified atom stereocenters. The molecule has 9 rings (SSSR count). The number of hydrogen-bond donors (Lipinski definition) is 1. The second kappa shape index (κ2) is 10.3. The molecule has 0 radical (unpaired) electrons. The van der Waals surface area contributed by atoms with E-state index in [1.54, 1.807) is 0 Å². The maximum absolute atomic E-state index is 6.30. The molecule has 7 aromatic carbocycles. The van der Waals surface area contributed by atoms with Crippen molar-refractivity contribution in [2.75, 3.05) is 0 Å². The average molecular weight is 578 g/mol. The van der Waals surface area contributed by atoms with Crippen LogP contribution in [0.4, 0.5) is 0 Å². The first-order valence-electron chi connectivity index (χ1n) is 15.2. The summed E-state index contributed by atoms with van der Waals surface area (Å²) in [6.07, 6.45) is -0.248. The zero-order chi connectivity index (χ0) is 29.7. The van der Waals surface area contributed by atoms with Crippen LogP contribution in [0.15, 0.2) is 166 Å². The highest BCUT2D eigenvalue weighted by atomic mass is 16.3. The molecular weight excluding hydrogens is 550 g/mol. The van der Waals surface area contributed by atoms with Crippen molar-refractivity contribution in [3.8, 4) is 11.1 Å². The van der Waals surface area contributed by atoms with Crippen molar-refractivity contribution in [2.24, 2.45) is 9.98 Å². The predicted octanol–water partition coefficient (Wildman–Crippen LogP) is 10.1. The molecule has 0 fully saturated rings. The fourth-order valence-electron chi connectivity index (χ4n) is 6.42. The van der Waals surface area contributed by atoms with Crippen molar-refractivity contribution in [2.45, 2.75) is 6.17 Å². The molecule has 4 nitrogen and oxygen atoms in total. The Labute approximate surface area is 260 Å². The SMILES string of the molecule is c1ccc(C2=NC(c3ccccc3)NC(c3ccc4oc5ccc(-c6ccc7c(ccc8ccccc87)c6)cc5c4c3)=N2)cc1. The van der Waals surface area contributed by atoms with Crippen LogP contribution < -0.4 is 5.32 Å². The van der Waals surface area contributed by atoms with Crippen molar-refractivity contribution in [3.63, 3.8) is 0 Å². The fourth-order valence-corrected chi connectivity index (χ4v) is 6.42. The molecule has 1 aliphatic rings. The summed E-state index contributed by atoms with van der Waals surface area (Å²) in [5.74, 6) is 1.49. The van der Waals surface area contributed by atoms with Gasteiger partial charge in [-0.25, -0.2) is 9.98 Å². The first-order valence-corrected chi connectivity index (χ1v) is 15.2. The first-order chi connectivity index (χ1) is 22.3. The van der Waals surface area contributed by atoms with Crippen LogP contribution in [0.25, 0.3) is 54.6 Å². The molecule has 0 amide bonds. The molecule has 0 bridgehead atoms. The van der Waals surface area contributed by atoms with Crippen molar-refractivity contribution >= 4 is 55.2 Å². The third-order valence-electron chi connectivity index (χ3n) is 8.71. The smallest absolute Gasteiger partial charge is 0.159 e. The predicted molar refractivity (Wildman–Crippen MR) is 186 cm³/mol. The molecular formula is C41H27N3O. The number of rotatable bonds is 4. The van der Waals surface area contributed by atoms with Gasteiger partial charge in [0, 0.05) is 21.9 Å². The zero-order valence-corrected chi connectivity index (χ0v) is 24.3. The van der Waals surface area contributed by atoms with Crippen LogP contribution in [0, 0.1) is 0 Å². The largest absolute Gasteiger partial charge is 0.456 e. The quantitative estimate of drug-likeness (QED) is 0.212. The highest BCUT2D eigenvalue weighted by molar-refractivity contribution is 6.15. The van der Waals surface area contributed by atoms with Crippen LogP contribution in [0.2, 0.25) is 0 Å². The van der Waals surface area contributed by atoms with Crippen LogP contribution in [-0.2, 0) is 0 Å². The lowest BCUT2D eigenvalue weighted by Gasteiger charge is -2.23. The van der Waals surface area contributed by atoms with Crippen LogP contribution in [-0.4, -0.2) is 11.7 Å². The monoisotopic (exact) mass is 577 g/mol. The van der Waals surface area contributed by atoms with E-state index in [4.69, 9.17) is 14.4 Å². The van der Waals surface area contributed by atoms with Crippen molar-refractivity contribution in [1.29, 1.82) is 0 Å². The number of hydrogen-bond acceptors (Lipinski definition) is 4. The van der Waals surface area contributed by atoms with Gasteiger partial charge in [-0.3, -0.25) is 0 Å². The Balaban J connectivity index is 1.14. The standard InChI is InChI=1S/C41H27N3O/c1-3-10-27(11-4-1)39-42-40(28-12-5-2-6-13-28)44-41(43-39)32-19-22-38-36(25-32)35-24-30(18-21-37(35)45-38)29-17-20-34-31(23-29)16-15-26-9-7-8-14-33(26)34/h1-25,39H,(H,42,43,44). The number of aliphatic imine (C=N–C) groups is 2. The van der Waals surface area contributed by atoms with Gasteiger partial charge in [0.05, 0.1) is 0 Å². The minimum absolute atomic E-state index is 0.248. The number of nitrogens with one attached hydrogen (secondary N) is 1. The van der Waals surface area contributed by atoms with Crippen LogP contribution in [0.3, 0.4) is 0 Å². The highest BCUT2D eigenvalue weighted by Gasteiger charge is 2.21. The van der Waals surface area contributed by atoms with Gasteiger partial charge in [-0.15, -0.1) is 0 Å². The Morgan fingerprint density at radius 3 is 1.91 bits per heavy atom. The normalized spacial score (nSPS) is 14.9. The topological polar surface area (TPSA) is 49.9 Å². The Bertz CT molecular complexity index is 2460. The fraction of sp³-hybridized carbons (Fsp3) is 0.0244. The van der Waals surface area contributed by atoms with Gasteiger partial charge >= 0.3 is 0 Å². The second-order valence-electron chi connectivity index (χ2n) is 11.5. The Kier molecular flexibility index (Phi) is 5.85. The lowest BCUT2D eigenvalue weighted by molar-refractivity contribution is 0.668. The molecule has 1 aromatic heterocycles. The Morgan fingerprint density at radius 1 is 0.467 bits per heavy atom. The van der Waals surface area contributed by atoms with E-state index in [-0.39, 0.29) is 6.17 Å². The van der Waals surface area contributed by atoms with Crippen LogP contribution in [0.1, 0.15) is 22.9 Å². The molecule has 4 heteroatoms. The zero-order valence-electron chi connectivity index (χ0n) is 24.3. The maximum atomic E-state index is 6.30. The van der Waals surface area contributed by atoms with Crippen LogP contribution in [0.5, 0.6) is 0 Å². The van der Waals surface area contributed by atoms with E-state index < -0.39 is 0 Å². The van der Waals surface area contributed by atoms with E-state index in [1.165, 1.54) is 27.1 Å². The van der Waals surface area contributed by atoms with Gasteiger partial charge in [0.25, 0.3) is 0 Å². The molecule has 1 atom stereocenters. The summed E-state index contributed by atoms with van der Waals surface area (Å²) in [4.78, 5) is 9.99. The maximum Gasteiger partial charge on any atom is 0.159 e. The third kappa shape index (κ3) is 4.47. The van der Waals surface area contributed by atoms with E-state index in [0.29, 0.717) is 5.84 Å². The summed E-state index contributed by atoms with van der Waals surface area (Å²) in [7, 11) is 0. The van der Waals surface area contributed by atoms with E-state index in [1.807, 2.05) is 42.5 Å². The first kappa shape index (κ1) is 25.5. The minimum atomic E-state index is -0.248. The molecule has 0 spiro atoms. The van der Waals surface area contributed by atoms with Gasteiger partial charge in [0.2, 0.25) is 0 Å². The Morgan fingerprint density at radius 2 is 1.09 bits per heavy atom. The number of amidine groups is 2. The third-order valence-corrected chi connectivity index (χ3v) is 8.71. The molecule has 45 heavy (non-hydrogen) atoms. The van der Waals surface area contributed by atoms with E-state index >= 15 is 0 Å². The molecule has 212 valence electrons. The summed E-state index contributed by atoms with van der Waals surface area (Å²) in [6.45, 7) is 0. The summed E-state index contributed by atoms with van der Waals surface area (Å²) >= 11 is 0. The highest BCUT2D eigenvalue weighted by Crippen LogP contribution is 2.35. The lowest BCUT2D eigenvalue weighted by atomic mass is 9.96. The average Bonchev–Trinajstić information content (AvgIpc) is 3.49. The molecule has 1 N–H and O–H groups in total. The molecule has 0 aliphatic carbocycles. The number of benzene rings is 7. The van der Waals surface area contributed by atoms with Crippen molar-refractivity contribution < 1.29 is 4.42 Å². The van der Waals surface area contributed by atoms with Gasteiger partial charge in [0.1, 0.15) is 23.2 Å². The van der Waals surface area contributed by atoms with Gasteiger partial charge in [-0.2, -0.15) is 0 Å². The lowest BCUT2D eigenvalue weighted by Crippen LogP contribution is -2.33. The molecule has 0 saturated heterocycles. The summed E-state index contributed by atoms with van der Waals surface area (Å²) in [5, 5.41) is 10.8. The van der Waals surface area contributed by atoms with Crippen LogP contribution >= 0.6 is 0 Å². The minimum Gasteiger partial charge on any atom is -0.456 e. The van der Waals surface area contributed by atoms with Gasteiger partial charge < -0.3 is 9.73 Å². The number of nitrogens with zero attached hydrogens (tertiary/aromatic N) is 2. The molecule has 0 saturated carbocycles. The van der Waals surface area contributed by atoms with Gasteiger partial charge in [-0.1, -0.05) is 115 Å². The van der Waals surface area contributed by atoms with Gasteiger partial charge in [0.15, 0.2) is 5.84 Å².